The van der Waals surface area contributed by atoms with Crippen LogP contribution in [-0.4, -0.2) is 49.0 Å². The van der Waals surface area contributed by atoms with Gasteiger partial charge in [-0.25, -0.2) is 0 Å². The maximum Gasteiger partial charge on any atom is 0.273 e. The van der Waals surface area contributed by atoms with Gasteiger partial charge in [0.15, 0.2) is 11.7 Å². The van der Waals surface area contributed by atoms with Crippen molar-refractivity contribution in [2.45, 2.75) is 19.9 Å². The molecule has 0 saturated heterocycles. The quantitative estimate of drug-likeness (QED) is 0.337. The van der Waals surface area contributed by atoms with Crippen LogP contribution in [0.3, 0.4) is 0 Å². The summed E-state index contributed by atoms with van der Waals surface area (Å²) in [5.41, 5.74) is 11.4. The largest absolute Gasteiger partial charge is 0.494 e. The topological polar surface area (TPSA) is 163 Å². The zero-order valence-electron chi connectivity index (χ0n) is 19.6. The van der Waals surface area contributed by atoms with E-state index < -0.39 is 23.8 Å². The molecule has 1 aromatic carbocycles. The van der Waals surface area contributed by atoms with Gasteiger partial charge in [0.1, 0.15) is 22.1 Å². The fourth-order valence-corrected chi connectivity index (χ4v) is 4.08. The van der Waals surface area contributed by atoms with Crippen LogP contribution in [0, 0.1) is 6.92 Å². The monoisotopic (exact) mass is 501 g/mol. The SMILES string of the molecule is CCOc1ccc(N(C(=O)c2snc(C(N)=O)c2N)[C@H](C(=O)NCCOC)c2ccc(C)o2)cc1. The number of primary amides is 1. The van der Waals surface area contributed by atoms with Gasteiger partial charge < -0.3 is 30.7 Å². The molecule has 0 aliphatic rings. The number of methoxy groups -OCH3 is 1. The van der Waals surface area contributed by atoms with E-state index in [9.17, 15) is 14.4 Å². The average Bonchev–Trinajstić information content (AvgIpc) is 3.43. The molecule has 11 nitrogen and oxygen atoms in total. The van der Waals surface area contributed by atoms with Crippen LogP contribution in [0.4, 0.5) is 11.4 Å². The minimum absolute atomic E-state index is 0.0364. The van der Waals surface area contributed by atoms with E-state index in [2.05, 4.69) is 9.69 Å². The number of aromatic nitrogens is 1. The predicted octanol–water partition coefficient (Wildman–Crippen LogP) is 2.28. The molecule has 2 heterocycles. The standard InChI is InChI=1S/C23H27N5O6S/c1-4-33-15-8-6-14(7-9-15)28(23(31)20-17(24)18(21(25)29)27-35-20)19(16-10-5-13(2)34-16)22(30)26-11-12-32-3/h5-10,19H,4,11-12,24H2,1-3H3,(H2,25,29)(H,26,30)/t19-/m0/s1. The van der Waals surface area contributed by atoms with E-state index in [1.165, 1.54) is 12.0 Å². The van der Waals surface area contributed by atoms with Crippen LogP contribution in [0.5, 0.6) is 5.75 Å². The number of hydrogen-bond acceptors (Lipinski definition) is 9. The van der Waals surface area contributed by atoms with E-state index in [4.69, 9.17) is 25.4 Å². The number of nitrogens with one attached hydrogen (secondary N) is 1. The van der Waals surface area contributed by atoms with E-state index >= 15 is 0 Å². The highest BCUT2D eigenvalue weighted by Crippen LogP contribution is 2.34. The fraction of sp³-hybridized carbons (Fsp3) is 0.304. The molecule has 5 N–H and O–H groups in total. The third kappa shape index (κ3) is 5.78. The molecule has 12 heteroatoms. The molecule has 0 fully saturated rings. The van der Waals surface area contributed by atoms with Gasteiger partial charge in [0.05, 0.1) is 18.9 Å². The van der Waals surface area contributed by atoms with Gasteiger partial charge in [0.2, 0.25) is 0 Å². The first-order valence-corrected chi connectivity index (χ1v) is 11.5. The number of nitrogens with zero attached hydrogens (tertiary/aromatic N) is 2. The van der Waals surface area contributed by atoms with Gasteiger partial charge in [0, 0.05) is 19.3 Å². The normalized spacial score (nSPS) is 11.6. The number of carbonyl (C=O) groups excluding carboxylic acids is 3. The smallest absolute Gasteiger partial charge is 0.273 e. The Morgan fingerprint density at radius 1 is 1.20 bits per heavy atom. The van der Waals surface area contributed by atoms with Gasteiger partial charge in [-0.05, 0) is 61.8 Å². The maximum atomic E-state index is 13.9. The van der Waals surface area contributed by atoms with Gasteiger partial charge in [-0.15, -0.1) is 0 Å². The Hall–Kier alpha value is -3.90. The summed E-state index contributed by atoms with van der Waals surface area (Å²) in [7, 11) is 1.51. The van der Waals surface area contributed by atoms with E-state index in [0.29, 0.717) is 23.8 Å². The van der Waals surface area contributed by atoms with E-state index in [0.717, 1.165) is 11.5 Å². The Labute approximate surface area is 206 Å². The Morgan fingerprint density at radius 3 is 2.46 bits per heavy atom. The van der Waals surface area contributed by atoms with Gasteiger partial charge in [-0.1, -0.05) is 0 Å². The summed E-state index contributed by atoms with van der Waals surface area (Å²) in [6.45, 7) is 4.53. The minimum atomic E-state index is -1.20. The summed E-state index contributed by atoms with van der Waals surface area (Å²) in [6.07, 6.45) is 0. The summed E-state index contributed by atoms with van der Waals surface area (Å²) in [4.78, 5) is 40.1. The van der Waals surface area contributed by atoms with Crippen molar-refractivity contribution in [1.29, 1.82) is 0 Å². The summed E-state index contributed by atoms with van der Waals surface area (Å²) in [5.74, 6) is -0.637. The summed E-state index contributed by atoms with van der Waals surface area (Å²) >= 11 is 0.724. The molecule has 0 unspecified atom stereocenters. The lowest BCUT2D eigenvalue weighted by molar-refractivity contribution is -0.123. The lowest BCUT2D eigenvalue weighted by Crippen LogP contribution is -2.44. The third-order valence-corrected chi connectivity index (χ3v) is 5.79. The number of anilines is 2. The molecule has 2 aromatic heterocycles. The predicted molar refractivity (Wildman–Crippen MR) is 131 cm³/mol. The third-order valence-electron chi connectivity index (χ3n) is 4.94. The van der Waals surface area contributed by atoms with Crippen molar-refractivity contribution in [2.75, 3.05) is 37.5 Å². The highest BCUT2D eigenvalue weighted by Gasteiger charge is 2.37. The first kappa shape index (κ1) is 25.7. The van der Waals surface area contributed by atoms with E-state index in [-0.39, 0.29) is 35.2 Å². The second-order valence-corrected chi connectivity index (χ2v) is 8.15. The van der Waals surface area contributed by atoms with Gasteiger partial charge in [-0.3, -0.25) is 19.3 Å². The number of aryl methyl sites for hydroxylation is 1. The number of benzene rings is 1. The van der Waals surface area contributed by atoms with Crippen LogP contribution in [0.1, 0.15) is 44.6 Å². The Balaban J connectivity index is 2.14. The van der Waals surface area contributed by atoms with Crippen LogP contribution in [-0.2, 0) is 9.53 Å². The Morgan fingerprint density at radius 2 is 1.91 bits per heavy atom. The van der Waals surface area contributed by atoms with Crippen LogP contribution in [0.15, 0.2) is 40.8 Å². The maximum absolute atomic E-state index is 13.9. The van der Waals surface area contributed by atoms with E-state index in [1.54, 1.807) is 43.3 Å². The van der Waals surface area contributed by atoms with Crippen molar-refractivity contribution in [3.63, 3.8) is 0 Å². The van der Waals surface area contributed by atoms with Crippen LogP contribution < -0.4 is 26.4 Å². The Kier molecular flexibility index (Phi) is 8.44. The number of amides is 3. The minimum Gasteiger partial charge on any atom is -0.494 e. The van der Waals surface area contributed by atoms with Crippen molar-refractivity contribution in [3.8, 4) is 5.75 Å². The van der Waals surface area contributed by atoms with Crippen LogP contribution in [0.2, 0.25) is 0 Å². The molecule has 1 atom stereocenters. The molecular formula is C23H27N5O6S. The summed E-state index contributed by atoms with van der Waals surface area (Å²) in [6, 6.07) is 8.74. The second kappa shape index (κ2) is 11.5. The van der Waals surface area contributed by atoms with Gasteiger partial charge in [-0.2, -0.15) is 4.37 Å². The number of furan rings is 1. The van der Waals surface area contributed by atoms with Gasteiger partial charge >= 0.3 is 0 Å². The first-order valence-electron chi connectivity index (χ1n) is 10.7. The molecular weight excluding hydrogens is 474 g/mol. The number of nitrogens with two attached hydrogens (primary N) is 2. The summed E-state index contributed by atoms with van der Waals surface area (Å²) < 4.78 is 20.2. The fourth-order valence-electron chi connectivity index (χ4n) is 3.34. The van der Waals surface area contributed by atoms with Crippen LogP contribution >= 0.6 is 11.5 Å². The molecule has 3 amide bonds. The van der Waals surface area contributed by atoms with Crippen molar-refractivity contribution in [2.24, 2.45) is 5.73 Å². The molecule has 0 bridgehead atoms. The zero-order valence-corrected chi connectivity index (χ0v) is 20.4. The van der Waals surface area contributed by atoms with E-state index in [1.807, 2.05) is 6.92 Å². The highest BCUT2D eigenvalue weighted by molar-refractivity contribution is 7.09. The molecule has 0 aliphatic carbocycles. The molecule has 3 aromatic rings. The molecule has 0 spiro atoms. The molecule has 3 rings (SSSR count). The first-order chi connectivity index (χ1) is 16.8. The van der Waals surface area contributed by atoms with Crippen molar-refractivity contribution in [1.82, 2.24) is 9.69 Å². The Bertz CT molecular complexity index is 1190. The highest BCUT2D eigenvalue weighted by atomic mass is 32.1. The molecule has 186 valence electrons. The number of nitrogen functional groups attached to an aromatic ring is 1. The number of hydrogen-bond donors (Lipinski definition) is 3. The zero-order chi connectivity index (χ0) is 25.5. The second-order valence-electron chi connectivity index (χ2n) is 7.38. The molecule has 0 aliphatic heterocycles. The van der Waals surface area contributed by atoms with Crippen LogP contribution in [0.25, 0.3) is 0 Å². The van der Waals surface area contributed by atoms with Crippen molar-refractivity contribution < 1.29 is 28.3 Å². The van der Waals surface area contributed by atoms with Gasteiger partial charge in [0.25, 0.3) is 17.7 Å². The number of ether oxygens (including phenoxy) is 2. The lowest BCUT2D eigenvalue weighted by Gasteiger charge is -2.29. The average molecular weight is 502 g/mol. The molecule has 35 heavy (non-hydrogen) atoms. The van der Waals surface area contributed by atoms with Crippen molar-refractivity contribution in [3.05, 3.63) is 58.5 Å². The number of carbonyl (C=O) groups is 3. The molecule has 0 radical (unpaired) electrons. The number of rotatable bonds is 11. The van der Waals surface area contributed by atoms with Crippen molar-refractivity contribution >= 4 is 40.6 Å². The molecule has 0 saturated carbocycles. The summed E-state index contributed by atoms with van der Waals surface area (Å²) in [5, 5.41) is 2.76. The lowest BCUT2D eigenvalue weighted by atomic mass is 10.1.